The van der Waals surface area contributed by atoms with E-state index in [9.17, 15) is 4.79 Å². The molecule has 0 saturated carbocycles. The van der Waals surface area contributed by atoms with Crippen LogP contribution in [0.5, 0.6) is 11.5 Å². The monoisotopic (exact) mass is 330 g/mol. The van der Waals surface area contributed by atoms with Gasteiger partial charge in [-0.15, -0.1) is 11.3 Å². The summed E-state index contributed by atoms with van der Waals surface area (Å²) in [7, 11) is 0. The van der Waals surface area contributed by atoms with Gasteiger partial charge in [0.15, 0.2) is 6.61 Å². The van der Waals surface area contributed by atoms with Crippen LogP contribution in [0.25, 0.3) is 0 Å². The summed E-state index contributed by atoms with van der Waals surface area (Å²) in [5.74, 6) is 1.16. The van der Waals surface area contributed by atoms with Crippen molar-refractivity contribution in [3.8, 4) is 11.5 Å². The molecule has 3 nitrogen and oxygen atoms in total. The highest BCUT2D eigenvalue weighted by molar-refractivity contribution is 7.20. The summed E-state index contributed by atoms with van der Waals surface area (Å²) in [4.78, 5) is 11.9. The summed E-state index contributed by atoms with van der Waals surface area (Å²) < 4.78 is 11.6. The Balaban J connectivity index is 1.94. The Bertz CT molecular complexity index is 593. The van der Waals surface area contributed by atoms with Gasteiger partial charge < -0.3 is 9.47 Å². The van der Waals surface area contributed by atoms with E-state index in [1.54, 1.807) is 30.3 Å². The van der Waals surface area contributed by atoms with Crippen molar-refractivity contribution in [1.82, 2.24) is 0 Å². The number of thiophene rings is 1. The van der Waals surface area contributed by atoms with Gasteiger partial charge in [0, 0.05) is 0 Å². The maximum atomic E-state index is 11.9. The molecule has 0 aliphatic heterocycles. The number of hydrogen-bond donors (Lipinski definition) is 0. The SMILES string of the molecule is CCOc1ccc(OCC(=O)c2cc(Cl)sc2Cl)cc1. The van der Waals surface area contributed by atoms with E-state index in [1.807, 2.05) is 6.92 Å². The van der Waals surface area contributed by atoms with E-state index < -0.39 is 0 Å². The smallest absolute Gasteiger partial charge is 0.202 e. The molecule has 0 spiro atoms. The first-order valence-corrected chi connectivity index (χ1v) is 7.51. The molecule has 1 aromatic carbocycles. The summed E-state index contributed by atoms with van der Waals surface area (Å²) in [6, 6.07) is 8.63. The van der Waals surface area contributed by atoms with Gasteiger partial charge in [-0.2, -0.15) is 0 Å². The molecule has 0 amide bonds. The number of rotatable bonds is 6. The zero-order chi connectivity index (χ0) is 14.5. The minimum Gasteiger partial charge on any atom is -0.494 e. The van der Waals surface area contributed by atoms with Gasteiger partial charge in [0.25, 0.3) is 0 Å². The van der Waals surface area contributed by atoms with Crippen LogP contribution in [0.1, 0.15) is 17.3 Å². The molecule has 0 bridgehead atoms. The molecule has 0 aliphatic carbocycles. The fourth-order valence-electron chi connectivity index (χ4n) is 1.56. The molecule has 1 aromatic heterocycles. The third-order valence-corrected chi connectivity index (χ3v) is 3.95. The summed E-state index contributed by atoms with van der Waals surface area (Å²) in [6.07, 6.45) is 0. The van der Waals surface area contributed by atoms with Crippen LogP contribution >= 0.6 is 34.5 Å². The lowest BCUT2D eigenvalue weighted by Crippen LogP contribution is -2.11. The minimum atomic E-state index is -0.202. The molecular formula is C14H12Cl2O3S. The Morgan fingerprint density at radius 2 is 1.75 bits per heavy atom. The van der Waals surface area contributed by atoms with Crippen LogP contribution in [0.15, 0.2) is 30.3 Å². The summed E-state index contributed by atoms with van der Waals surface area (Å²) in [5.41, 5.74) is 0.396. The van der Waals surface area contributed by atoms with Crippen LogP contribution in [0.2, 0.25) is 8.67 Å². The Kier molecular flexibility index (Phi) is 5.29. The lowest BCUT2D eigenvalue weighted by molar-refractivity contribution is 0.0922. The quantitative estimate of drug-likeness (QED) is 0.719. The van der Waals surface area contributed by atoms with Crippen LogP contribution in [-0.4, -0.2) is 19.0 Å². The average Bonchev–Trinajstić information content (AvgIpc) is 2.77. The van der Waals surface area contributed by atoms with Gasteiger partial charge >= 0.3 is 0 Å². The number of carbonyl (C=O) groups is 1. The third kappa shape index (κ3) is 3.88. The number of ketones is 1. The fraction of sp³-hybridized carbons (Fsp3) is 0.214. The highest BCUT2D eigenvalue weighted by atomic mass is 35.5. The molecule has 20 heavy (non-hydrogen) atoms. The normalized spacial score (nSPS) is 10.3. The van der Waals surface area contributed by atoms with E-state index >= 15 is 0 Å². The van der Waals surface area contributed by atoms with Crippen LogP contribution in [-0.2, 0) is 0 Å². The Morgan fingerprint density at radius 1 is 1.15 bits per heavy atom. The highest BCUT2D eigenvalue weighted by Crippen LogP contribution is 2.31. The van der Waals surface area contributed by atoms with E-state index in [2.05, 4.69) is 0 Å². The van der Waals surface area contributed by atoms with Crippen molar-refractivity contribution in [1.29, 1.82) is 0 Å². The van der Waals surface area contributed by atoms with Gasteiger partial charge in [0.1, 0.15) is 15.8 Å². The molecule has 0 saturated heterocycles. The standard InChI is InChI=1S/C14H12Cl2O3S/c1-2-18-9-3-5-10(6-4-9)19-8-12(17)11-7-13(15)20-14(11)16/h3-7H,2,8H2,1H3. The zero-order valence-corrected chi connectivity index (χ0v) is 13.0. The molecule has 0 atom stereocenters. The topological polar surface area (TPSA) is 35.5 Å². The van der Waals surface area contributed by atoms with E-state index in [0.717, 1.165) is 17.1 Å². The van der Waals surface area contributed by atoms with Gasteiger partial charge in [-0.3, -0.25) is 4.79 Å². The molecule has 0 radical (unpaired) electrons. The molecule has 0 N–H and O–H groups in total. The molecule has 0 fully saturated rings. The predicted octanol–water partition coefficient (Wildman–Crippen LogP) is 4.72. The molecule has 6 heteroatoms. The largest absolute Gasteiger partial charge is 0.494 e. The fourth-order valence-corrected chi connectivity index (χ4v) is 3.05. The van der Waals surface area contributed by atoms with Gasteiger partial charge in [-0.05, 0) is 37.3 Å². The van der Waals surface area contributed by atoms with Gasteiger partial charge in [0.2, 0.25) is 5.78 Å². The molecule has 1 heterocycles. The minimum absolute atomic E-state index is 0.0826. The van der Waals surface area contributed by atoms with E-state index in [4.69, 9.17) is 32.7 Å². The lowest BCUT2D eigenvalue weighted by Gasteiger charge is -2.06. The number of benzene rings is 1. The number of halogens is 2. The van der Waals surface area contributed by atoms with Crippen molar-refractivity contribution in [2.24, 2.45) is 0 Å². The molecule has 0 aliphatic rings. The maximum Gasteiger partial charge on any atom is 0.202 e. The second-order valence-electron chi connectivity index (χ2n) is 3.85. The zero-order valence-electron chi connectivity index (χ0n) is 10.7. The second kappa shape index (κ2) is 6.97. The first-order valence-electron chi connectivity index (χ1n) is 5.94. The van der Waals surface area contributed by atoms with E-state index in [0.29, 0.717) is 26.6 Å². The van der Waals surface area contributed by atoms with Crippen molar-refractivity contribution in [2.45, 2.75) is 6.92 Å². The van der Waals surface area contributed by atoms with Crippen molar-refractivity contribution >= 4 is 40.3 Å². The average molecular weight is 331 g/mol. The first kappa shape index (κ1) is 15.2. The molecule has 106 valence electrons. The van der Waals surface area contributed by atoms with Crippen molar-refractivity contribution in [3.05, 3.63) is 44.6 Å². The number of carbonyl (C=O) groups excluding carboxylic acids is 1. The van der Waals surface area contributed by atoms with Gasteiger partial charge in [-0.25, -0.2) is 0 Å². The second-order valence-corrected chi connectivity index (χ2v) is 6.14. The van der Waals surface area contributed by atoms with Gasteiger partial charge in [-0.1, -0.05) is 23.2 Å². The van der Waals surface area contributed by atoms with Crippen LogP contribution in [0.4, 0.5) is 0 Å². The first-order chi connectivity index (χ1) is 9.60. The van der Waals surface area contributed by atoms with E-state index in [-0.39, 0.29) is 12.4 Å². The van der Waals surface area contributed by atoms with Crippen LogP contribution in [0, 0.1) is 0 Å². The lowest BCUT2D eigenvalue weighted by atomic mass is 10.2. The van der Waals surface area contributed by atoms with Gasteiger partial charge in [0.05, 0.1) is 16.5 Å². The van der Waals surface area contributed by atoms with Crippen molar-refractivity contribution in [2.75, 3.05) is 13.2 Å². The third-order valence-electron chi connectivity index (χ3n) is 2.46. The Morgan fingerprint density at radius 3 is 2.25 bits per heavy atom. The highest BCUT2D eigenvalue weighted by Gasteiger charge is 2.14. The number of hydrogen-bond acceptors (Lipinski definition) is 4. The molecule has 2 rings (SSSR count). The molecule has 0 unspecified atom stereocenters. The molecular weight excluding hydrogens is 319 g/mol. The number of ether oxygens (including phenoxy) is 2. The van der Waals surface area contributed by atoms with Crippen molar-refractivity contribution in [3.63, 3.8) is 0 Å². The summed E-state index contributed by atoms with van der Waals surface area (Å²) in [6.45, 7) is 2.44. The van der Waals surface area contributed by atoms with Crippen LogP contribution in [0.3, 0.4) is 0 Å². The maximum absolute atomic E-state index is 11.9. The Hall–Kier alpha value is -1.23. The summed E-state index contributed by atoms with van der Waals surface area (Å²) >= 11 is 12.9. The Labute approximate surface area is 131 Å². The van der Waals surface area contributed by atoms with E-state index in [1.165, 1.54) is 0 Å². The molecule has 2 aromatic rings. The van der Waals surface area contributed by atoms with Crippen molar-refractivity contribution < 1.29 is 14.3 Å². The van der Waals surface area contributed by atoms with Crippen LogP contribution < -0.4 is 9.47 Å². The number of Topliss-reactive ketones (excluding diaryl/α,β-unsaturated/α-hetero) is 1. The summed E-state index contributed by atoms with van der Waals surface area (Å²) in [5, 5.41) is 0. The predicted molar refractivity (Wildman–Crippen MR) is 81.8 cm³/mol.